The van der Waals surface area contributed by atoms with Gasteiger partial charge in [0.15, 0.2) is 0 Å². The highest BCUT2D eigenvalue weighted by Gasteiger charge is 2.41. The van der Waals surface area contributed by atoms with Crippen molar-refractivity contribution in [3.05, 3.63) is 29.3 Å². The Labute approximate surface area is 124 Å². The van der Waals surface area contributed by atoms with Crippen molar-refractivity contribution in [1.82, 2.24) is 4.90 Å². The lowest BCUT2D eigenvalue weighted by Crippen LogP contribution is -2.34. The Morgan fingerprint density at radius 3 is 2.75 bits per heavy atom. The summed E-state index contributed by atoms with van der Waals surface area (Å²) in [4.78, 5) is 14.3. The largest absolute Gasteiger partial charge is 0.327 e. The van der Waals surface area contributed by atoms with Crippen LogP contribution in [0.4, 0.5) is 5.69 Å². The van der Waals surface area contributed by atoms with Crippen LogP contribution in [0.2, 0.25) is 5.02 Å². The van der Waals surface area contributed by atoms with Crippen LogP contribution in [0, 0.1) is 11.8 Å². The summed E-state index contributed by atoms with van der Waals surface area (Å²) in [7, 11) is 0. The zero-order valence-corrected chi connectivity index (χ0v) is 12.1. The molecular formula is C15H20ClN3O. The number of fused-ring (bicyclic) bond motifs is 1. The summed E-state index contributed by atoms with van der Waals surface area (Å²) in [5.74, 6) is 1.30. The molecule has 20 heavy (non-hydrogen) atoms. The fraction of sp³-hybridized carbons (Fsp3) is 0.533. The third-order valence-corrected chi connectivity index (χ3v) is 4.74. The first-order valence-corrected chi connectivity index (χ1v) is 7.53. The Kier molecular flexibility index (Phi) is 3.96. The molecule has 108 valence electrons. The summed E-state index contributed by atoms with van der Waals surface area (Å²) < 4.78 is 0. The number of rotatable bonds is 3. The minimum atomic E-state index is 0.0286. The first kappa shape index (κ1) is 13.9. The quantitative estimate of drug-likeness (QED) is 0.895. The van der Waals surface area contributed by atoms with Gasteiger partial charge in [0.2, 0.25) is 5.91 Å². The molecule has 3 rings (SSSR count). The molecule has 1 aliphatic carbocycles. The monoisotopic (exact) mass is 293 g/mol. The topological polar surface area (TPSA) is 58.4 Å². The second-order valence-corrected chi connectivity index (χ2v) is 6.35. The number of halogens is 1. The third kappa shape index (κ3) is 2.97. The molecule has 1 amide bonds. The standard InChI is InChI=1S/C15H20ClN3O/c16-11-2-4-12(5-3-11)18-15(20)9-19-7-10-1-6-14(17)13(10)8-19/h2-5,10,13-14H,1,6-9,17H2,(H,18,20). The molecule has 0 bridgehead atoms. The summed E-state index contributed by atoms with van der Waals surface area (Å²) in [6.45, 7) is 2.41. The average molecular weight is 294 g/mol. The van der Waals surface area contributed by atoms with E-state index in [4.69, 9.17) is 17.3 Å². The molecule has 3 unspecified atom stereocenters. The van der Waals surface area contributed by atoms with Crippen molar-refractivity contribution in [2.24, 2.45) is 17.6 Å². The fourth-order valence-electron chi connectivity index (χ4n) is 3.47. The van der Waals surface area contributed by atoms with Gasteiger partial charge in [-0.3, -0.25) is 9.69 Å². The van der Waals surface area contributed by atoms with Crippen molar-refractivity contribution in [3.8, 4) is 0 Å². The fourth-order valence-corrected chi connectivity index (χ4v) is 3.59. The first-order chi connectivity index (χ1) is 9.61. The van der Waals surface area contributed by atoms with Gasteiger partial charge in [0.25, 0.3) is 0 Å². The summed E-state index contributed by atoms with van der Waals surface area (Å²) in [6.07, 6.45) is 2.35. The molecule has 0 radical (unpaired) electrons. The van der Waals surface area contributed by atoms with Crippen molar-refractivity contribution >= 4 is 23.2 Å². The number of hydrogen-bond donors (Lipinski definition) is 2. The number of likely N-dealkylation sites (tertiary alicyclic amines) is 1. The Hall–Kier alpha value is -1.10. The summed E-state index contributed by atoms with van der Waals surface area (Å²) in [6, 6.07) is 7.50. The van der Waals surface area contributed by atoms with Gasteiger partial charge in [-0.1, -0.05) is 11.6 Å². The molecule has 2 fully saturated rings. The van der Waals surface area contributed by atoms with Crippen LogP contribution in [-0.4, -0.2) is 36.5 Å². The molecule has 5 heteroatoms. The number of amides is 1. The Balaban J connectivity index is 1.51. The maximum absolute atomic E-state index is 12.0. The maximum atomic E-state index is 12.0. The zero-order valence-electron chi connectivity index (χ0n) is 11.4. The molecular weight excluding hydrogens is 274 g/mol. The highest BCUT2D eigenvalue weighted by atomic mass is 35.5. The van der Waals surface area contributed by atoms with Crippen LogP contribution in [0.25, 0.3) is 0 Å². The van der Waals surface area contributed by atoms with E-state index >= 15 is 0 Å². The van der Waals surface area contributed by atoms with Gasteiger partial charge in [-0.05, 0) is 48.9 Å². The number of nitrogens with two attached hydrogens (primary N) is 1. The SMILES string of the molecule is NC1CCC2CN(CC(=O)Nc3ccc(Cl)cc3)CC12. The van der Waals surface area contributed by atoms with Crippen molar-refractivity contribution in [3.63, 3.8) is 0 Å². The third-order valence-electron chi connectivity index (χ3n) is 4.48. The molecule has 1 heterocycles. The molecule has 1 aromatic rings. The van der Waals surface area contributed by atoms with E-state index in [0.29, 0.717) is 29.4 Å². The lowest BCUT2D eigenvalue weighted by molar-refractivity contribution is -0.117. The second-order valence-electron chi connectivity index (χ2n) is 5.91. The Bertz CT molecular complexity index is 490. The lowest BCUT2D eigenvalue weighted by atomic mass is 9.98. The van der Waals surface area contributed by atoms with Crippen LogP contribution in [0.15, 0.2) is 24.3 Å². The highest BCUT2D eigenvalue weighted by molar-refractivity contribution is 6.30. The van der Waals surface area contributed by atoms with Crippen LogP contribution in [0.1, 0.15) is 12.8 Å². The number of nitrogens with zero attached hydrogens (tertiary/aromatic N) is 1. The predicted octanol–water partition coefficient (Wildman–Crippen LogP) is 1.95. The minimum absolute atomic E-state index is 0.0286. The van der Waals surface area contributed by atoms with Crippen LogP contribution in [0.5, 0.6) is 0 Å². The molecule has 2 aliphatic rings. The Morgan fingerprint density at radius 1 is 1.30 bits per heavy atom. The lowest BCUT2D eigenvalue weighted by Gasteiger charge is -2.17. The van der Waals surface area contributed by atoms with Gasteiger partial charge in [-0.2, -0.15) is 0 Å². The second kappa shape index (κ2) is 5.72. The number of anilines is 1. The van der Waals surface area contributed by atoms with E-state index < -0.39 is 0 Å². The molecule has 4 nitrogen and oxygen atoms in total. The van der Waals surface area contributed by atoms with Gasteiger partial charge in [-0.25, -0.2) is 0 Å². The van der Waals surface area contributed by atoms with Crippen molar-refractivity contribution < 1.29 is 4.79 Å². The van der Waals surface area contributed by atoms with E-state index in [9.17, 15) is 4.79 Å². The minimum Gasteiger partial charge on any atom is -0.327 e. The number of benzene rings is 1. The van der Waals surface area contributed by atoms with Crippen LogP contribution < -0.4 is 11.1 Å². The van der Waals surface area contributed by atoms with E-state index in [1.54, 1.807) is 12.1 Å². The van der Waals surface area contributed by atoms with Gasteiger partial charge in [-0.15, -0.1) is 0 Å². The van der Waals surface area contributed by atoms with Gasteiger partial charge >= 0.3 is 0 Å². The summed E-state index contributed by atoms with van der Waals surface area (Å²) in [5, 5.41) is 3.57. The maximum Gasteiger partial charge on any atom is 0.238 e. The Morgan fingerprint density at radius 2 is 2.05 bits per heavy atom. The average Bonchev–Trinajstić information content (AvgIpc) is 2.95. The number of carbonyl (C=O) groups is 1. The molecule has 3 atom stereocenters. The smallest absolute Gasteiger partial charge is 0.238 e. The molecule has 1 saturated heterocycles. The highest BCUT2D eigenvalue weighted by Crippen LogP contribution is 2.36. The molecule has 1 aromatic carbocycles. The van der Waals surface area contributed by atoms with Crippen LogP contribution in [0.3, 0.4) is 0 Å². The van der Waals surface area contributed by atoms with Crippen LogP contribution in [-0.2, 0) is 4.79 Å². The van der Waals surface area contributed by atoms with E-state index in [2.05, 4.69) is 10.2 Å². The molecule has 3 N–H and O–H groups in total. The van der Waals surface area contributed by atoms with Gasteiger partial charge in [0, 0.05) is 29.8 Å². The van der Waals surface area contributed by atoms with Gasteiger partial charge in [0.1, 0.15) is 0 Å². The molecule has 1 aliphatic heterocycles. The van der Waals surface area contributed by atoms with Gasteiger partial charge in [0.05, 0.1) is 6.54 Å². The van der Waals surface area contributed by atoms with Crippen molar-refractivity contribution in [2.45, 2.75) is 18.9 Å². The number of hydrogen-bond acceptors (Lipinski definition) is 3. The van der Waals surface area contributed by atoms with E-state index in [1.807, 2.05) is 12.1 Å². The van der Waals surface area contributed by atoms with Crippen molar-refractivity contribution in [1.29, 1.82) is 0 Å². The first-order valence-electron chi connectivity index (χ1n) is 7.15. The summed E-state index contributed by atoms with van der Waals surface area (Å²) >= 11 is 5.82. The normalized spacial score (nSPS) is 29.4. The van der Waals surface area contributed by atoms with E-state index in [-0.39, 0.29) is 5.91 Å². The summed E-state index contributed by atoms with van der Waals surface area (Å²) in [5.41, 5.74) is 6.90. The van der Waals surface area contributed by atoms with E-state index in [1.165, 1.54) is 6.42 Å². The predicted molar refractivity (Wildman–Crippen MR) is 80.7 cm³/mol. The molecule has 0 aromatic heterocycles. The molecule has 0 spiro atoms. The zero-order chi connectivity index (χ0) is 14.1. The van der Waals surface area contributed by atoms with Gasteiger partial charge < -0.3 is 11.1 Å². The van der Waals surface area contributed by atoms with E-state index in [0.717, 1.165) is 25.2 Å². The number of carbonyl (C=O) groups excluding carboxylic acids is 1. The molecule has 1 saturated carbocycles. The van der Waals surface area contributed by atoms with Crippen molar-refractivity contribution in [2.75, 3.05) is 25.0 Å². The number of nitrogens with one attached hydrogen (secondary N) is 1. The van der Waals surface area contributed by atoms with Crippen LogP contribution >= 0.6 is 11.6 Å².